The average Bonchev–Trinajstić information content (AvgIpc) is 2.17. The molecule has 15 heavy (non-hydrogen) atoms. The third kappa shape index (κ3) is 4.12. The normalized spacial score (nSPS) is 11.4. The molecule has 1 aromatic heterocycles. The lowest BCUT2D eigenvalue weighted by molar-refractivity contribution is 0.220. The fourth-order valence-corrected chi connectivity index (χ4v) is 1.15. The highest BCUT2D eigenvalue weighted by atomic mass is 16.3. The number of hydrogen-bond acceptors (Lipinski definition) is 5. The lowest BCUT2D eigenvalue weighted by Gasteiger charge is -2.23. The van der Waals surface area contributed by atoms with E-state index in [1.165, 1.54) is 6.20 Å². The Morgan fingerprint density at radius 1 is 1.40 bits per heavy atom. The van der Waals surface area contributed by atoms with Crippen molar-refractivity contribution < 1.29 is 5.11 Å². The lowest BCUT2D eigenvalue weighted by Crippen LogP contribution is -2.24. The predicted octanol–water partition coefficient (Wildman–Crippen LogP) is 0.879. The van der Waals surface area contributed by atoms with E-state index < -0.39 is 0 Å². The topological polar surface area (TPSA) is 84.1 Å². The fraction of sp³-hybridized carbons (Fsp3) is 0.600. The van der Waals surface area contributed by atoms with Crippen LogP contribution in [0.2, 0.25) is 0 Å². The molecule has 1 rings (SSSR count). The Morgan fingerprint density at radius 2 is 2.13 bits per heavy atom. The van der Waals surface area contributed by atoms with Crippen LogP contribution in [0, 0.1) is 5.41 Å². The number of nitrogens with two attached hydrogens (primary N) is 1. The zero-order valence-electron chi connectivity index (χ0n) is 9.20. The quantitative estimate of drug-likeness (QED) is 0.672. The Morgan fingerprint density at radius 3 is 2.67 bits per heavy atom. The number of rotatable bonds is 5. The summed E-state index contributed by atoms with van der Waals surface area (Å²) in [6.07, 6.45) is 3.87. The van der Waals surface area contributed by atoms with E-state index >= 15 is 0 Å². The SMILES string of the molecule is CC(C)(CCO)CNc1cnc(N)cn1. The summed E-state index contributed by atoms with van der Waals surface area (Å²) in [4.78, 5) is 8.01. The van der Waals surface area contributed by atoms with Crippen molar-refractivity contribution >= 4 is 11.6 Å². The molecule has 0 fully saturated rings. The highest BCUT2D eigenvalue weighted by molar-refractivity contribution is 5.36. The van der Waals surface area contributed by atoms with Crippen LogP contribution < -0.4 is 11.1 Å². The van der Waals surface area contributed by atoms with Crippen LogP contribution >= 0.6 is 0 Å². The van der Waals surface area contributed by atoms with E-state index in [-0.39, 0.29) is 12.0 Å². The van der Waals surface area contributed by atoms with Gasteiger partial charge in [-0.05, 0) is 11.8 Å². The van der Waals surface area contributed by atoms with Gasteiger partial charge in [0.15, 0.2) is 0 Å². The van der Waals surface area contributed by atoms with Crippen LogP contribution in [0.25, 0.3) is 0 Å². The molecule has 84 valence electrons. The molecule has 0 spiro atoms. The van der Waals surface area contributed by atoms with Gasteiger partial charge in [-0.2, -0.15) is 0 Å². The first-order valence-corrected chi connectivity index (χ1v) is 4.96. The molecule has 0 radical (unpaired) electrons. The summed E-state index contributed by atoms with van der Waals surface area (Å²) in [5.41, 5.74) is 5.46. The molecule has 4 N–H and O–H groups in total. The monoisotopic (exact) mass is 210 g/mol. The van der Waals surface area contributed by atoms with Gasteiger partial charge in [0.2, 0.25) is 0 Å². The lowest BCUT2D eigenvalue weighted by atomic mass is 9.90. The third-order valence-corrected chi connectivity index (χ3v) is 2.21. The molecule has 0 saturated heterocycles. The van der Waals surface area contributed by atoms with Crippen LogP contribution in [0.15, 0.2) is 12.4 Å². The molecule has 5 heteroatoms. The van der Waals surface area contributed by atoms with Crippen molar-refractivity contribution in [3.05, 3.63) is 12.4 Å². The summed E-state index contributed by atoms with van der Waals surface area (Å²) < 4.78 is 0. The Labute approximate surface area is 89.7 Å². The Balaban J connectivity index is 2.46. The average molecular weight is 210 g/mol. The Kier molecular flexibility index (Phi) is 3.85. The third-order valence-electron chi connectivity index (χ3n) is 2.21. The molecule has 5 nitrogen and oxygen atoms in total. The van der Waals surface area contributed by atoms with Crippen LogP contribution in [0.5, 0.6) is 0 Å². The molecule has 0 amide bonds. The zero-order valence-corrected chi connectivity index (χ0v) is 9.20. The molecular weight excluding hydrogens is 192 g/mol. The first-order valence-electron chi connectivity index (χ1n) is 4.96. The van der Waals surface area contributed by atoms with Crippen LogP contribution in [-0.2, 0) is 0 Å². The van der Waals surface area contributed by atoms with Crippen molar-refractivity contribution in [1.82, 2.24) is 9.97 Å². The van der Waals surface area contributed by atoms with E-state index in [1.54, 1.807) is 6.20 Å². The van der Waals surface area contributed by atoms with Crippen LogP contribution in [-0.4, -0.2) is 28.2 Å². The molecule has 0 aliphatic heterocycles. The summed E-state index contributed by atoms with van der Waals surface area (Å²) in [6, 6.07) is 0. The van der Waals surface area contributed by atoms with Crippen molar-refractivity contribution in [2.45, 2.75) is 20.3 Å². The van der Waals surface area contributed by atoms with Crippen LogP contribution in [0.4, 0.5) is 11.6 Å². The first-order chi connectivity index (χ1) is 7.03. The maximum Gasteiger partial charge on any atom is 0.144 e. The Bertz CT molecular complexity index is 297. The highest BCUT2D eigenvalue weighted by Crippen LogP contribution is 2.19. The van der Waals surface area contributed by atoms with Crippen LogP contribution in [0.3, 0.4) is 0 Å². The first kappa shape index (κ1) is 11.7. The van der Waals surface area contributed by atoms with E-state index in [2.05, 4.69) is 29.1 Å². The van der Waals surface area contributed by atoms with Gasteiger partial charge in [-0.15, -0.1) is 0 Å². The zero-order chi connectivity index (χ0) is 11.3. The molecule has 0 bridgehead atoms. The predicted molar refractivity (Wildman–Crippen MR) is 60.4 cm³/mol. The second-order valence-electron chi connectivity index (χ2n) is 4.32. The number of aliphatic hydroxyl groups is 1. The highest BCUT2D eigenvalue weighted by Gasteiger charge is 2.16. The fourth-order valence-electron chi connectivity index (χ4n) is 1.15. The molecule has 0 aliphatic carbocycles. The minimum Gasteiger partial charge on any atom is -0.396 e. The van der Waals surface area contributed by atoms with Crippen molar-refractivity contribution in [3.8, 4) is 0 Å². The molecule has 0 unspecified atom stereocenters. The van der Waals surface area contributed by atoms with Gasteiger partial charge in [-0.1, -0.05) is 13.8 Å². The van der Waals surface area contributed by atoms with Crippen molar-refractivity contribution in [2.75, 3.05) is 24.2 Å². The Hall–Kier alpha value is -1.36. The van der Waals surface area contributed by atoms with Gasteiger partial charge in [0.1, 0.15) is 11.6 Å². The maximum absolute atomic E-state index is 8.86. The summed E-state index contributed by atoms with van der Waals surface area (Å²) in [5, 5.41) is 12.0. The summed E-state index contributed by atoms with van der Waals surface area (Å²) >= 11 is 0. The molecular formula is C10H18N4O. The molecule has 0 atom stereocenters. The number of hydrogen-bond donors (Lipinski definition) is 3. The van der Waals surface area contributed by atoms with Crippen molar-refractivity contribution in [3.63, 3.8) is 0 Å². The van der Waals surface area contributed by atoms with Crippen molar-refractivity contribution in [2.24, 2.45) is 5.41 Å². The number of aromatic nitrogens is 2. The standard InChI is InChI=1S/C10H18N4O/c1-10(2,3-4-15)7-14-9-6-12-8(11)5-13-9/h5-6,15H,3-4,7H2,1-2H3,(H2,11,12)(H,13,14). The molecule has 0 aromatic carbocycles. The number of aliphatic hydroxyl groups excluding tert-OH is 1. The second-order valence-corrected chi connectivity index (χ2v) is 4.32. The molecule has 1 heterocycles. The maximum atomic E-state index is 8.86. The molecule has 0 saturated carbocycles. The summed E-state index contributed by atoms with van der Waals surface area (Å²) in [7, 11) is 0. The minimum absolute atomic E-state index is 0.0395. The molecule has 1 aromatic rings. The number of anilines is 2. The van der Waals surface area contributed by atoms with Gasteiger partial charge in [-0.3, -0.25) is 0 Å². The largest absolute Gasteiger partial charge is 0.396 e. The van der Waals surface area contributed by atoms with Gasteiger partial charge in [0.05, 0.1) is 12.4 Å². The van der Waals surface area contributed by atoms with Crippen molar-refractivity contribution in [1.29, 1.82) is 0 Å². The number of nitrogens with one attached hydrogen (secondary N) is 1. The van der Waals surface area contributed by atoms with Gasteiger partial charge in [-0.25, -0.2) is 9.97 Å². The van der Waals surface area contributed by atoms with Gasteiger partial charge in [0, 0.05) is 13.2 Å². The van der Waals surface area contributed by atoms with Crippen LogP contribution in [0.1, 0.15) is 20.3 Å². The number of nitrogens with zero attached hydrogens (tertiary/aromatic N) is 2. The van der Waals surface area contributed by atoms with E-state index in [4.69, 9.17) is 10.8 Å². The van der Waals surface area contributed by atoms with Gasteiger partial charge in [0.25, 0.3) is 0 Å². The molecule has 0 aliphatic rings. The van der Waals surface area contributed by atoms with E-state index in [1.807, 2.05) is 0 Å². The summed E-state index contributed by atoms with van der Waals surface area (Å²) in [6.45, 7) is 5.11. The minimum atomic E-state index is 0.0395. The smallest absolute Gasteiger partial charge is 0.144 e. The van der Waals surface area contributed by atoms with E-state index in [0.29, 0.717) is 11.6 Å². The van der Waals surface area contributed by atoms with Gasteiger partial charge >= 0.3 is 0 Å². The van der Waals surface area contributed by atoms with Gasteiger partial charge < -0.3 is 16.2 Å². The van der Waals surface area contributed by atoms with E-state index in [0.717, 1.165) is 13.0 Å². The second kappa shape index (κ2) is 4.93. The number of nitrogen functional groups attached to an aromatic ring is 1. The summed E-state index contributed by atoms with van der Waals surface area (Å²) in [5.74, 6) is 1.12. The van der Waals surface area contributed by atoms with E-state index in [9.17, 15) is 0 Å².